The Morgan fingerprint density at radius 3 is 2.55 bits per heavy atom. The molecule has 2 N–H and O–H groups in total. The van der Waals surface area contributed by atoms with Crippen LogP contribution in [-0.2, 0) is 0 Å². The molecule has 31 heavy (non-hydrogen) atoms. The number of nitrogens with one attached hydrogen (secondary N) is 1. The lowest BCUT2D eigenvalue weighted by Gasteiger charge is -2.24. The predicted octanol–water partition coefficient (Wildman–Crippen LogP) is 3.66. The summed E-state index contributed by atoms with van der Waals surface area (Å²) < 4.78 is 16.9. The van der Waals surface area contributed by atoms with Gasteiger partial charge in [0.1, 0.15) is 11.4 Å². The molecule has 0 unspecified atom stereocenters. The van der Waals surface area contributed by atoms with E-state index in [0.29, 0.717) is 29.7 Å². The highest BCUT2D eigenvalue weighted by Crippen LogP contribution is 2.43. The van der Waals surface area contributed by atoms with Gasteiger partial charge in [0.15, 0.2) is 0 Å². The number of carbonyl (C=O) groups is 1. The average molecular weight is 510 g/mol. The molecule has 2 aliphatic heterocycles. The van der Waals surface area contributed by atoms with Crippen molar-refractivity contribution in [3.05, 3.63) is 38.9 Å². The van der Waals surface area contributed by atoms with Gasteiger partial charge in [0.2, 0.25) is 5.43 Å². The summed E-state index contributed by atoms with van der Waals surface area (Å²) in [6.45, 7) is 2.37. The molecule has 2 atom stereocenters. The van der Waals surface area contributed by atoms with E-state index < -0.39 is 17.2 Å². The number of anilines is 1. The number of halogens is 3. The summed E-state index contributed by atoms with van der Waals surface area (Å²) in [6, 6.07) is 1.58. The molecule has 0 spiro atoms. The number of pyridine rings is 1. The molecule has 1 aromatic heterocycles. The van der Waals surface area contributed by atoms with Crippen LogP contribution < -0.4 is 15.6 Å². The Kier molecular flexibility index (Phi) is 8.25. The van der Waals surface area contributed by atoms with Gasteiger partial charge in [-0.05, 0) is 44.2 Å². The number of benzene rings is 1. The summed E-state index contributed by atoms with van der Waals surface area (Å²) >= 11 is 6.70. The topological polar surface area (TPSA) is 74.6 Å². The van der Waals surface area contributed by atoms with Crippen LogP contribution in [0.2, 0.25) is 5.02 Å². The van der Waals surface area contributed by atoms with Gasteiger partial charge in [-0.2, -0.15) is 27.0 Å². The van der Waals surface area contributed by atoms with Crippen LogP contribution in [0.5, 0.6) is 0 Å². The second-order valence-electron chi connectivity index (χ2n) is 8.10. The maximum absolute atomic E-state index is 15.1. The van der Waals surface area contributed by atoms with Crippen LogP contribution in [0.25, 0.3) is 10.9 Å². The first-order valence-corrected chi connectivity index (χ1v) is 10.1. The molecule has 0 radical (unpaired) electrons. The number of carboxylic acid groups (broad SMARTS) is 1. The molecule has 172 valence electrons. The number of aromatic nitrogens is 1. The van der Waals surface area contributed by atoms with E-state index in [-0.39, 0.29) is 61.4 Å². The lowest BCUT2D eigenvalue weighted by molar-refractivity contribution is 0.0695. The van der Waals surface area contributed by atoms with Crippen molar-refractivity contribution < 1.29 is 14.3 Å². The largest absolute Gasteiger partial charge is 0.477 e. The molecule has 3 fully saturated rings. The fourth-order valence-corrected chi connectivity index (χ4v) is 5.15. The van der Waals surface area contributed by atoms with Crippen LogP contribution in [0.4, 0.5) is 10.1 Å². The Morgan fingerprint density at radius 1 is 1.23 bits per heavy atom. The summed E-state index contributed by atoms with van der Waals surface area (Å²) in [4.78, 5) is 26.1. The first-order valence-electron chi connectivity index (χ1n) is 9.74. The lowest BCUT2D eigenvalue weighted by Crippen LogP contribution is -2.40. The quantitative estimate of drug-likeness (QED) is 0.660. The van der Waals surface area contributed by atoms with E-state index in [9.17, 15) is 14.7 Å². The molecule has 1 aliphatic carbocycles. The number of piperidine rings is 1. The van der Waals surface area contributed by atoms with Crippen molar-refractivity contribution in [3.8, 4) is 0 Å². The second-order valence-corrected chi connectivity index (χ2v) is 8.48. The van der Waals surface area contributed by atoms with Gasteiger partial charge in [-0.25, -0.2) is 9.18 Å². The third-order valence-electron chi connectivity index (χ3n) is 6.27. The summed E-state index contributed by atoms with van der Waals surface area (Å²) in [7, 11) is 0. The van der Waals surface area contributed by atoms with Crippen molar-refractivity contribution in [2.45, 2.75) is 37.8 Å². The third kappa shape index (κ3) is 4.39. The minimum Gasteiger partial charge on any atom is -0.477 e. The van der Waals surface area contributed by atoms with Gasteiger partial charge >= 0.3 is 5.97 Å². The summed E-state index contributed by atoms with van der Waals surface area (Å²) in [6.07, 6.45) is 5.36. The standard InChI is InChI=1S/C20H21ClFN3O3.ClH.2H2S/c21-16-17-12(19(26)13(20(27)28)8-25(17)11-3-4-11)6-14(22)18(16)24-7-10-2-1-5-23-15(10)9-24;;;/h6,8,10-11,15,23H,1-5,7,9H2,(H,27,28);1H;2*1H2/t10-,15+;;;/m0.../s1. The molecule has 5 rings (SSSR count). The van der Waals surface area contributed by atoms with Gasteiger partial charge in [-0.1, -0.05) is 11.6 Å². The van der Waals surface area contributed by atoms with Crippen LogP contribution in [0, 0.1) is 11.7 Å². The number of nitrogens with zero attached hydrogens (tertiary/aromatic N) is 2. The zero-order valence-electron chi connectivity index (χ0n) is 16.7. The molecule has 2 aromatic rings. The molecule has 6 nitrogen and oxygen atoms in total. The molecular weight excluding hydrogens is 484 g/mol. The second kappa shape index (κ2) is 9.79. The first-order chi connectivity index (χ1) is 13.5. The van der Waals surface area contributed by atoms with E-state index in [1.165, 1.54) is 12.3 Å². The zero-order chi connectivity index (χ0) is 19.6. The number of fused-ring (bicyclic) bond motifs is 2. The number of hydrogen-bond acceptors (Lipinski definition) is 4. The van der Waals surface area contributed by atoms with E-state index in [4.69, 9.17) is 11.6 Å². The van der Waals surface area contributed by atoms with E-state index in [0.717, 1.165) is 38.8 Å². The van der Waals surface area contributed by atoms with Crippen LogP contribution in [-0.4, -0.2) is 41.3 Å². The number of hydrogen-bond donors (Lipinski definition) is 2. The lowest BCUT2D eigenvalue weighted by atomic mass is 9.94. The summed E-state index contributed by atoms with van der Waals surface area (Å²) in [5, 5.41) is 13.1. The molecular formula is C20H26Cl2FN3O3S2. The number of rotatable bonds is 3. The third-order valence-corrected chi connectivity index (χ3v) is 6.63. The van der Waals surface area contributed by atoms with Crippen molar-refractivity contribution in [2.24, 2.45) is 5.92 Å². The maximum Gasteiger partial charge on any atom is 0.341 e. The fraction of sp³-hybridized carbons (Fsp3) is 0.500. The molecule has 3 aliphatic rings. The average Bonchev–Trinajstić information content (AvgIpc) is 3.41. The van der Waals surface area contributed by atoms with Crippen LogP contribution in [0.3, 0.4) is 0 Å². The van der Waals surface area contributed by atoms with E-state index in [1.807, 2.05) is 4.90 Å². The summed E-state index contributed by atoms with van der Waals surface area (Å²) in [5.41, 5.74) is -0.275. The van der Waals surface area contributed by atoms with Crippen molar-refractivity contribution in [1.82, 2.24) is 9.88 Å². The number of aromatic carboxylic acids is 1. The molecule has 2 saturated heterocycles. The van der Waals surface area contributed by atoms with E-state index in [1.54, 1.807) is 4.57 Å². The zero-order valence-corrected chi connectivity index (χ0v) is 20.2. The Morgan fingerprint density at radius 2 is 1.94 bits per heavy atom. The van der Waals surface area contributed by atoms with Crippen molar-refractivity contribution in [2.75, 3.05) is 24.5 Å². The number of carboxylic acids is 1. The Labute approximate surface area is 204 Å². The normalized spacial score (nSPS) is 22.2. The fourth-order valence-electron chi connectivity index (χ4n) is 4.74. The van der Waals surface area contributed by atoms with Crippen LogP contribution >= 0.6 is 51.0 Å². The highest BCUT2D eigenvalue weighted by molar-refractivity contribution is 7.59. The van der Waals surface area contributed by atoms with Gasteiger partial charge in [0.05, 0.1) is 21.6 Å². The van der Waals surface area contributed by atoms with Gasteiger partial charge in [0, 0.05) is 31.4 Å². The van der Waals surface area contributed by atoms with Gasteiger partial charge in [-0.15, -0.1) is 12.4 Å². The highest BCUT2D eigenvalue weighted by atomic mass is 35.5. The monoisotopic (exact) mass is 509 g/mol. The summed E-state index contributed by atoms with van der Waals surface area (Å²) in [5.74, 6) is -1.42. The first kappa shape index (κ1) is 26.1. The molecule has 1 aromatic carbocycles. The molecule has 1 saturated carbocycles. The predicted molar refractivity (Wildman–Crippen MR) is 133 cm³/mol. The molecule has 0 amide bonds. The minimum atomic E-state index is -1.31. The Balaban J connectivity index is 0.00000114. The van der Waals surface area contributed by atoms with Crippen molar-refractivity contribution in [1.29, 1.82) is 0 Å². The van der Waals surface area contributed by atoms with Crippen LogP contribution in [0.15, 0.2) is 17.1 Å². The molecule has 11 heteroatoms. The van der Waals surface area contributed by atoms with Gasteiger partial charge in [0.25, 0.3) is 0 Å². The van der Waals surface area contributed by atoms with E-state index in [2.05, 4.69) is 5.32 Å². The Hall–Kier alpha value is -1.13. The molecule has 0 bridgehead atoms. The molecule has 3 heterocycles. The minimum absolute atomic E-state index is 0. The Bertz CT molecular complexity index is 1050. The van der Waals surface area contributed by atoms with Crippen LogP contribution in [0.1, 0.15) is 42.1 Å². The van der Waals surface area contributed by atoms with Crippen molar-refractivity contribution >= 4 is 73.6 Å². The van der Waals surface area contributed by atoms with Crippen molar-refractivity contribution in [3.63, 3.8) is 0 Å². The highest BCUT2D eigenvalue weighted by Gasteiger charge is 2.37. The van der Waals surface area contributed by atoms with Gasteiger partial charge in [-0.3, -0.25) is 4.79 Å². The van der Waals surface area contributed by atoms with E-state index >= 15 is 4.39 Å². The smallest absolute Gasteiger partial charge is 0.341 e. The maximum atomic E-state index is 15.1. The van der Waals surface area contributed by atoms with Gasteiger partial charge < -0.3 is 19.9 Å². The SMILES string of the molecule is Cl.O=C(O)c1cn(C2CC2)c2c(Cl)c(N3C[C@@H]4CCCN[C@@H]4C3)c(F)cc2c1=O.S.S.